The number of hydrogen-bond donors (Lipinski definition) is 1. The average Bonchev–Trinajstić information content (AvgIpc) is 2.97. The normalized spacial score (nSPS) is 20.8. The van der Waals surface area contributed by atoms with Crippen molar-refractivity contribution in [1.29, 1.82) is 0 Å². The Balaban J connectivity index is 1.35. The Morgan fingerprint density at radius 3 is 2.32 bits per heavy atom. The second-order valence-electron chi connectivity index (χ2n) is 10.4. The number of benzene rings is 3. The third-order valence-corrected chi connectivity index (χ3v) is 8.37. The standard InChI is InChI=1S/C31H33N3O4/c1-37-26-18-24-25(19-27(26)38-2)30(35)34-13-12-22-10-6-7-11-23(22)29(34)28(24)31(36)33-16-14-32(15-17-33)20-21-8-4-3-5-9-21/h3-11,18-19,28-29H,12-17,20H2,1-2H3/p+1. The first kappa shape index (κ1) is 24.5. The summed E-state index contributed by atoms with van der Waals surface area (Å²) in [4.78, 5) is 33.6. The monoisotopic (exact) mass is 512 g/mol. The van der Waals surface area contributed by atoms with Gasteiger partial charge in [0, 0.05) is 17.7 Å². The van der Waals surface area contributed by atoms with Crippen molar-refractivity contribution >= 4 is 11.8 Å². The molecule has 0 saturated carbocycles. The third-order valence-electron chi connectivity index (χ3n) is 8.37. The highest BCUT2D eigenvalue weighted by Crippen LogP contribution is 2.49. The van der Waals surface area contributed by atoms with Gasteiger partial charge in [0.15, 0.2) is 11.5 Å². The van der Waals surface area contributed by atoms with Crippen LogP contribution in [0.1, 0.15) is 44.6 Å². The summed E-state index contributed by atoms with van der Waals surface area (Å²) in [5.74, 6) is 0.559. The maximum absolute atomic E-state index is 14.4. The highest BCUT2D eigenvalue weighted by Gasteiger charge is 2.48. The van der Waals surface area contributed by atoms with Gasteiger partial charge in [-0.1, -0.05) is 54.6 Å². The van der Waals surface area contributed by atoms with E-state index >= 15 is 0 Å². The highest BCUT2D eigenvalue weighted by atomic mass is 16.5. The summed E-state index contributed by atoms with van der Waals surface area (Å²) in [5, 5.41) is 0. The lowest BCUT2D eigenvalue weighted by Gasteiger charge is -2.46. The fourth-order valence-corrected chi connectivity index (χ4v) is 6.42. The fourth-order valence-electron chi connectivity index (χ4n) is 6.42. The summed E-state index contributed by atoms with van der Waals surface area (Å²) < 4.78 is 11.1. The number of amides is 2. The maximum atomic E-state index is 14.4. The van der Waals surface area contributed by atoms with E-state index in [0.717, 1.165) is 37.2 Å². The summed E-state index contributed by atoms with van der Waals surface area (Å²) >= 11 is 0. The van der Waals surface area contributed by atoms with Gasteiger partial charge in [-0.25, -0.2) is 0 Å². The first-order valence-corrected chi connectivity index (χ1v) is 13.4. The summed E-state index contributed by atoms with van der Waals surface area (Å²) in [5.41, 5.74) is 4.86. The molecule has 3 aliphatic rings. The fraction of sp³-hybridized carbons (Fsp3) is 0.355. The number of fused-ring (bicyclic) bond motifs is 4. The minimum absolute atomic E-state index is 0.0540. The number of carbonyl (C=O) groups excluding carboxylic acids is 2. The molecule has 0 bridgehead atoms. The molecule has 3 aliphatic heterocycles. The molecule has 1 fully saturated rings. The van der Waals surface area contributed by atoms with Gasteiger partial charge < -0.3 is 24.2 Å². The van der Waals surface area contributed by atoms with Crippen LogP contribution >= 0.6 is 0 Å². The molecule has 7 heteroatoms. The van der Waals surface area contributed by atoms with Crippen LogP contribution in [0.15, 0.2) is 66.7 Å². The first-order valence-electron chi connectivity index (χ1n) is 13.4. The third kappa shape index (κ3) is 4.21. The van der Waals surface area contributed by atoms with Crippen molar-refractivity contribution in [2.75, 3.05) is 46.9 Å². The minimum atomic E-state index is -0.500. The van der Waals surface area contributed by atoms with E-state index in [0.29, 0.717) is 36.7 Å². The average molecular weight is 513 g/mol. The van der Waals surface area contributed by atoms with Crippen LogP contribution in [0.2, 0.25) is 0 Å². The van der Waals surface area contributed by atoms with Gasteiger partial charge in [0.05, 0.1) is 52.4 Å². The molecule has 3 aromatic carbocycles. The van der Waals surface area contributed by atoms with Crippen LogP contribution in [0.25, 0.3) is 0 Å². The summed E-state index contributed by atoms with van der Waals surface area (Å²) in [7, 11) is 3.15. The van der Waals surface area contributed by atoms with E-state index in [-0.39, 0.29) is 17.9 Å². The molecule has 38 heavy (non-hydrogen) atoms. The van der Waals surface area contributed by atoms with Crippen LogP contribution in [-0.2, 0) is 17.8 Å². The number of piperazine rings is 1. The topological polar surface area (TPSA) is 63.5 Å². The Kier molecular flexibility index (Phi) is 6.54. The molecular formula is C31H34N3O4+. The first-order chi connectivity index (χ1) is 18.6. The second kappa shape index (κ2) is 10.1. The van der Waals surface area contributed by atoms with Crippen molar-refractivity contribution in [1.82, 2.24) is 9.80 Å². The zero-order valence-electron chi connectivity index (χ0n) is 22.0. The number of ether oxygens (including phenoxy) is 2. The lowest BCUT2D eigenvalue weighted by molar-refractivity contribution is -0.917. The zero-order chi connectivity index (χ0) is 26.2. The van der Waals surface area contributed by atoms with Crippen molar-refractivity contribution in [3.05, 3.63) is 94.5 Å². The van der Waals surface area contributed by atoms with Crippen molar-refractivity contribution in [3.63, 3.8) is 0 Å². The van der Waals surface area contributed by atoms with Crippen molar-refractivity contribution in [3.8, 4) is 11.5 Å². The van der Waals surface area contributed by atoms with Crippen LogP contribution in [0.4, 0.5) is 0 Å². The number of nitrogens with one attached hydrogen (secondary N) is 1. The molecule has 1 N–H and O–H groups in total. The van der Waals surface area contributed by atoms with Crippen LogP contribution < -0.4 is 14.4 Å². The molecule has 2 atom stereocenters. The predicted molar refractivity (Wildman–Crippen MR) is 144 cm³/mol. The van der Waals surface area contributed by atoms with E-state index in [9.17, 15) is 9.59 Å². The van der Waals surface area contributed by atoms with Gasteiger partial charge >= 0.3 is 0 Å². The van der Waals surface area contributed by atoms with Crippen molar-refractivity contribution in [2.24, 2.45) is 0 Å². The lowest BCUT2D eigenvalue weighted by atomic mass is 9.75. The van der Waals surface area contributed by atoms with Gasteiger partial charge in [-0.15, -0.1) is 0 Å². The van der Waals surface area contributed by atoms with Gasteiger partial charge in [0.1, 0.15) is 6.54 Å². The molecule has 0 radical (unpaired) electrons. The molecule has 2 amide bonds. The zero-order valence-corrected chi connectivity index (χ0v) is 22.0. The molecule has 196 valence electrons. The Morgan fingerprint density at radius 2 is 1.58 bits per heavy atom. The van der Waals surface area contributed by atoms with Gasteiger partial charge in [0.2, 0.25) is 5.91 Å². The largest absolute Gasteiger partial charge is 0.493 e. The van der Waals surface area contributed by atoms with E-state index in [1.54, 1.807) is 20.3 Å². The minimum Gasteiger partial charge on any atom is -0.493 e. The van der Waals surface area contributed by atoms with Gasteiger partial charge in [-0.05, 0) is 35.2 Å². The van der Waals surface area contributed by atoms with Gasteiger partial charge in [-0.2, -0.15) is 0 Å². The predicted octanol–water partition coefficient (Wildman–Crippen LogP) is 2.47. The molecule has 6 rings (SSSR count). The molecule has 0 spiro atoms. The highest BCUT2D eigenvalue weighted by molar-refractivity contribution is 6.02. The Labute approximate surface area is 223 Å². The van der Waals surface area contributed by atoms with E-state index in [2.05, 4.69) is 36.4 Å². The number of methoxy groups -OCH3 is 2. The number of nitrogens with zero attached hydrogens (tertiary/aromatic N) is 2. The Bertz CT molecular complexity index is 1350. The van der Waals surface area contributed by atoms with Gasteiger partial charge in [0.25, 0.3) is 5.91 Å². The molecule has 0 aromatic heterocycles. The van der Waals surface area contributed by atoms with Crippen LogP contribution in [0.3, 0.4) is 0 Å². The summed E-state index contributed by atoms with van der Waals surface area (Å²) in [6.45, 7) is 4.74. The Hall–Kier alpha value is -3.84. The summed E-state index contributed by atoms with van der Waals surface area (Å²) in [6, 6.07) is 22.0. The Morgan fingerprint density at radius 1 is 0.895 bits per heavy atom. The second-order valence-corrected chi connectivity index (χ2v) is 10.4. The van der Waals surface area contributed by atoms with E-state index < -0.39 is 5.92 Å². The van der Waals surface area contributed by atoms with E-state index in [1.165, 1.54) is 16.0 Å². The quantitative estimate of drug-likeness (QED) is 0.571. The number of hydrogen-bond acceptors (Lipinski definition) is 4. The number of rotatable bonds is 5. The van der Waals surface area contributed by atoms with Crippen LogP contribution in [-0.4, -0.2) is 68.6 Å². The SMILES string of the molecule is COc1cc2c(cc1OC)C(C(=O)N1CC[NH+](Cc3ccccc3)CC1)C1c3ccccc3CCN1C2=O. The molecular weight excluding hydrogens is 478 g/mol. The number of quaternary nitrogens is 1. The maximum Gasteiger partial charge on any atom is 0.254 e. The molecule has 1 saturated heterocycles. The molecule has 3 heterocycles. The van der Waals surface area contributed by atoms with E-state index in [4.69, 9.17) is 9.47 Å². The molecule has 2 unspecified atom stereocenters. The smallest absolute Gasteiger partial charge is 0.254 e. The van der Waals surface area contributed by atoms with E-state index in [1.807, 2.05) is 34.1 Å². The van der Waals surface area contributed by atoms with Crippen molar-refractivity contribution < 1.29 is 24.0 Å². The lowest BCUT2D eigenvalue weighted by Crippen LogP contribution is -3.13. The summed E-state index contributed by atoms with van der Waals surface area (Å²) in [6.07, 6.45) is 0.781. The molecule has 7 nitrogen and oxygen atoms in total. The van der Waals surface area contributed by atoms with Gasteiger partial charge in [-0.3, -0.25) is 9.59 Å². The van der Waals surface area contributed by atoms with Crippen molar-refractivity contribution in [2.45, 2.75) is 24.9 Å². The molecule has 3 aromatic rings. The van der Waals surface area contributed by atoms with Crippen LogP contribution in [0.5, 0.6) is 11.5 Å². The molecule has 0 aliphatic carbocycles. The van der Waals surface area contributed by atoms with Crippen LogP contribution in [0, 0.1) is 0 Å². The number of carbonyl (C=O) groups is 2.